The number of amides is 2. The molecule has 1 saturated heterocycles. The quantitative estimate of drug-likeness (QED) is 0.210. The van der Waals surface area contributed by atoms with E-state index in [2.05, 4.69) is 10.3 Å². The molecule has 5 rings (SSSR count). The van der Waals surface area contributed by atoms with Crippen LogP contribution < -0.4 is 5.32 Å². The standard InChI is InChI=1S/C35H37ClN4O4S/c36-31-13-8-30(9-14-31)26-40(33(24-28-6-2-1-3-7-28)35(42)38-25-29-18-20-37-21-19-29)34(41)17-12-27-10-15-32(16-11-27)45(43,44)39-22-4-5-23-39/h1-3,6-11,13-16,18-21,33H,4-5,12,17,22-26H2,(H,38,42)/t33-/m1/s1. The van der Waals surface area contributed by atoms with E-state index < -0.39 is 16.1 Å². The molecular weight excluding hydrogens is 608 g/mol. The van der Waals surface area contributed by atoms with Gasteiger partial charge in [-0.1, -0.05) is 66.2 Å². The minimum Gasteiger partial charge on any atom is -0.350 e. The Morgan fingerprint density at radius 3 is 2.13 bits per heavy atom. The maximum Gasteiger partial charge on any atom is 0.243 e. The van der Waals surface area contributed by atoms with Gasteiger partial charge in [0.2, 0.25) is 21.8 Å². The van der Waals surface area contributed by atoms with Crippen molar-refractivity contribution in [2.75, 3.05) is 13.1 Å². The lowest BCUT2D eigenvalue weighted by atomic mass is 10.0. The highest BCUT2D eigenvalue weighted by Crippen LogP contribution is 2.22. The molecule has 1 aliphatic rings. The number of nitrogens with zero attached hydrogens (tertiary/aromatic N) is 3. The normalized spacial score (nSPS) is 14.2. The molecule has 1 fully saturated rings. The van der Waals surface area contributed by atoms with E-state index in [-0.39, 0.29) is 29.7 Å². The third-order valence-corrected chi connectivity index (χ3v) is 10.2. The second-order valence-corrected chi connectivity index (χ2v) is 13.6. The molecule has 0 aliphatic carbocycles. The van der Waals surface area contributed by atoms with Crippen LogP contribution in [-0.4, -0.2) is 53.6 Å². The van der Waals surface area contributed by atoms with E-state index in [1.807, 2.05) is 54.6 Å². The molecule has 2 heterocycles. The molecule has 1 atom stereocenters. The number of hydrogen-bond acceptors (Lipinski definition) is 5. The number of carbonyl (C=O) groups excluding carboxylic acids is 2. The fourth-order valence-corrected chi connectivity index (χ4v) is 7.09. The second kappa shape index (κ2) is 15.3. The van der Waals surface area contributed by atoms with Crippen molar-refractivity contribution in [3.05, 3.63) is 131 Å². The van der Waals surface area contributed by atoms with E-state index in [9.17, 15) is 18.0 Å². The van der Waals surface area contributed by atoms with Crippen LogP contribution >= 0.6 is 11.6 Å². The van der Waals surface area contributed by atoms with Gasteiger partial charge in [0.15, 0.2) is 0 Å². The van der Waals surface area contributed by atoms with Gasteiger partial charge in [0, 0.05) is 56.4 Å². The molecule has 234 valence electrons. The van der Waals surface area contributed by atoms with Crippen molar-refractivity contribution in [3.8, 4) is 0 Å². The Morgan fingerprint density at radius 2 is 1.47 bits per heavy atom. The molecule has 10 heteroatoms. The van der Waals surface area contributed by atoms with Gasteiger partial charge in [-0.2, -0.15) is 4.31 Å². The number of pyridine rings is 1. The summed E-state index contributed by atoms with van der Waals surface area (Å²) in [5.74, 6) is -0.437. The van der Waals surface area contributed by atoms with E-state index in [0.717, 1.165) is 35.1 Å². The van der Waals surface area contributed by atoms with Crippen molar-refractivity contribution in [2.24, 2.45) is 0 Å². The summed E-state index contributed by atoms with van der Waals surface area (Å²) in [5, 5.41) is 3.61. The van der Waals surface area contributed by atoms with Gasteiger partial charge in [0.25, 0.3) is 0 Å². The van der Waals surface area contributed by atoms with E-state index >= 15 is 0 Å². The van der Waals surface area contributed by atoms with Crippen LogP contribution in [0.4, 0.5) is 0 Å². The Morgan fingerprint density at radius 1 is 0.822 bits per heavy atom. The number of hydrogen-bond donors (Lipinski definition) is 1. The molecule has 0 spiro atoms. The monoisotopic (exact) mass is 644 g/mol. The molecular formula is C35H37ClN4O4S. The Bertz CT molecular complexity index is 1660. The average Bonchev–Trinajstić information content (AvgIpc) is 3.63. The van der Waals surface area contributed by atoms with Crippen molar-refractivity contribution in [1.82, 2.24) is 19.5 Å². The fourth-order valence-electron chi connectivity index (χ4n) is 5.45. The Balaban J connectivity index is 1.36. The molecule has 8 nitrogen and oxygen atoms in total. The first-order chi connectivity index (χ1) is 21.8. The predicted octanol–water partition coefficient (Wildman–Crippen LogP) is 5.41. The summed E-state index contributed by atoms with van der Waals surface area (Å²) in [6.07, 6.45) is 5.98. The highest BCUT2D eigenvalue weighted by Gasteiger charge is 2.31. The van der Waals surface area contributed by atoms with Crippen LogP contribution in [0.15, 0.2) is 108 Å². The highest BCUT2D eigenvalue weighted by molar-refractivity contribution is 7.89. The van der Waals surface area contributed by atoms with E-state index in [4.69, 9.17) is 11.6 Å². The lowest BCUT2D eigenvalue weighted by molar-refractivity contribution is -0.141. The van der Waals surface area contributed by atoms with Crippen molar-refractivity contribution in [2.45, 2.75) is 56.1 Å². The Hall–Kier alpha value is -4.05. The van der Waals surface area contributed by atoms with Crippen LogP contribution in [0.3, 0.4) is 0 Å². The first-order valence-electron chi connectivity index (χ1n) is 15.1. The average molecular weight is 645 g/mol. The smallest absolute Gasteiger partial charge is 0.243 e. The number of nitrogens with one attached hydrogen (secondary N) is 1. The molecule has 1 N–H and O–H groups in total. The lowest BCUT2D eigenvalue weighted by Crippen LogP contribution is -2.50. The number of carbonyl (C=O) groups is 2. The summed E-state index contributed by atoms with van der Waals surface area (Å²) < 4.78 is 27.4. The van der Waals surface area contributed by atoms with E-state index in [1.54, 1.807) is 53.7 Å². The van der Waals surface area contributed by atoms with Gasteiger partial charge in [-0.3, -0.25) is 14.6 Å². The van der Waals surface area contributed by atoms with Crippen LogP contribution in [0.1, 0.15) is 41.5 Å². The molecule has 4 aromatic rings. The second-order valence-electron chi connectivity index (χ2n) is 11.2. The van der Waals surface area contributed by atoms with Crippen LogP contribution in [0.5, 0.6) is 0 Å². The fraction of sp³-hybridized carbons (Fsp3) is 0.286. The summed E-state index contributed by atoms with van der Waals surface area (Å²) in [7, 11) is -3.51. The van der Waals surface area contributed by atoms with Gasteiger partial charge in [-0.25, -0.2) is 8.42 Å². The number of halogens is 1. The first kappa shape index (κ1) is 32.3. The van der Waals surface area contributed by atoms with Crippen LogP contribution in [0.2, 0.25) is 5.02 Å². The maximum absolute atomic E-state index is 14.0. The molecule has 0 radical (unpaired) electrons. The molecule has 0 saturated carbocycles. The van der Waals surface area contributed by atoms with Crippen LogP contribution in [-0.2, 0) is 45.5 Å². The van der Waals surface area contributed by atoms with Gasteiger partial charge < -0.3 is 10.2 Å². The zero-order valence-corrected chi connectivity index (χ0v) is 26.6. The summed E-state index contributed by atoms with van der Waals surface area (Å²) in [4.78, 5) is 33.8. The molecule has 0 unspecified atom stereocenters. The summed E-state index contributed by atoms with van der Waals surface area (Å²) >= 11 is 6.13. The van der Waals surface area contributed by atoms with Gasteiger partial charge >= 0.3 is 0 Å². The minimum absolute atomic E-state index is 0.148. The van der Waals surface area contributed by atoms with E-state index in [0.29, 0.717) is 37.5 Å². The molecule has 0 bridgehead atoms. The van der Waals surface area contributed by atoms with Crippen LogP contribution in [0.25, 0.3) is 0 Å². The van der Waals surface area contributed by atoms with Crippen molar-refractivity contribution in [3.63, 3.8) is 0 Å². The van der Waals surface area contributed by atoms with Gasteiger partial charge in [-0.15, -0.1) is 0 Å². The predicted molar refractivity (Wildman–Crippen MR) is 175 cm³/mol. The summed E-state index contributed by atoms with van der Waals surface area (Å²) in [5.41, 5.74) is 3.54. The lowest BCUT2D eigenvalue weighted by Gasteiger charge is -2.32. The largest absolute Gasteiger partial charge is 0.350 e. The van der Waals surface area contributed by atoms with E-state index in [1.165, 1.54) is 4.31 Å². The zero-order chi connectivity index (χ0) is 31.6. The summed E-state index contributed by atoms with van der Waals surface area (Å²) in [6.45, 7) is 1.62. The molecule has 2 amide bonds. The van der Waals surface area contributed by atoms with Gasteiger partial charge in [-0.05, 0) is 77.9 Å². The SMILES string of the molecule is O=C(NCc1ccncc1)[C@@H](Cc1ccccc1)N(Cc1ccc(Cl)cc1)C(=O)CCc1ccc(S(=O)(=O)N2CCCC2)cc1. The molecule has 45 heavy (non-hydrogen) atoms. The Kier molecular flexibility index (Phi) is 11.0. The maximum atomic E-state index is 14.0. The zero-order valence-electron chi connectivity index (χ0n) is 25.0. The first-order valence-corrected chi connectivity index (χ1v) is 16.9. The van der Waals surface area contributed by atoms with Crippen LogP contribution in [0, 0.1) is 0 Å². The Labute approximate surface area is 270 Å². The topological polar surface area (TPSA) is 99.7 Å². The van der Waals surface area contributed by atoms with Crippen molar-refractivity contribution < 1.29 is 18.0 Å². The third-order valence-electron chi connectivity index (χ3n) is 8.01. The molecule has 3 aromatic carbocycles. The number of aromatic nitrogens is 1. The van der Waals surface area contributed by atoms with Crippen molar-refractivity contribution >= 4 is 33.4 Å². The molecule has 1 aromatic heterocycles. The van der Waals surface area contributed by atoms with Gasteiger partial charge in [0.1, 0.15) is 6.04 Å². The highest BCUT2D eigenvalue weighted by atomic mass is 35.5. The third kappa shape index (κ3) is 8.78. The molecule has 1 aliphatic heterocycles. The van der Waals surface area contributed by atoms with Crippen molar-refractivity contribution in [1.29, 1.82) is 0 Å². The number of aryl methyl sites for hydroxylation is 1. The van der Waals surface area contributed by atoms with Gasteiger partial charge in [0.05, 0.1) is 4.90 Å². The minimum atomic E-state index is -3.51. The number of benzene rings is 3. The number of rotatable bonds is 13. The summed E-state index contributed by atoms with van der Waals surface area (Å²) in [6, 6.07) is 26.6. The number of sulfonamides is 1.